The first-order chi connectivity index (χ1) is 14.0. The molecule has 2 N–H and O–H groups in total. The molecular weight excluding hydrogens is 378 g/mol. The van der Waals surface area contributed by atoms with E-state index in [9.17, 15) is 14.0 Å². The van der Waals surface area contributed by atoms with Crippen molar-refractivity contribution < 1.29 is 18.3 Å². The number of hydrogen-bond acceptors (Lipinski definition) is 5. The van der Waals surface area contributed by atoms with E-state index in [1.807, 2.05) is 13.0 Å². The van der Waals surface area contributed by atoms with Crippen LogP contribution >= 0.6 is 0 Å². The van der Waals surface area contributed by atoms with Crippen LogP contribution in [0.5, 0.6) is 11.6 Å². The van der Waals surface area contributed by atoms with E-state index in [0.717, 1.165) is 17.7 Å². The van der Waals surface area contributed by atoms with Crippen LogP contribution < -0.4 is 9.47 Å². The van der Waals surface area contributed by atoms with E-state index in [1.54, 1.807) is 24.3 Å². The highest BCUT2D eigenvalue weighted by atomic mass is 19.1. The van der Waals surface area contributed by atoms with Crippen molar-refractivity contribution >= 4 is 5.90 Å². The standard InChI is InChI=1S/C21H16F2N4O2/c1-2-28-13-6-3-11(4-7-13)19-18-17(14-8-5-12(22)9-16(14)23)15(10-24)20(25)29-21(18)27-26-19/h3-9,15,17,25H,2H2,1H3,(H,26,27). The van der Waals surface area contributed by atoms with E-state index in [2.05, 4.69) is 10.2 Å². The molecular formula is C21H16F2N4O2. The number of benzene rings is 2. The molecule has 0 bridgehead atoms. The van der Waals surface area contributed by atoms with E-state index in [0.29, 0.717) is 23.6 Å². The highest BCUT2D eigenvalue weighted by Gasteiger charge is 2.42. The predicted octanol–water partition coefficient (Wildman–Crippen LogP) is 4.39. The second-order valence-electron chi connectivity index (χ2n) is 6.49. The Kier molecular flexibility index (Phi) is 4.72. The van der Waals surface area contributed by atoms with E-state index < -0.39 is 23.5 Å². The average molecular weight is 394 g/mol. The maximum atomic E-state index is 14.6. The lowest BCUT2D eigenvalue weighted by Gasteiger charge is -2.28. The largest absolute Gasteiger partial charge is 0.494 e. The Morgan fingerprint density at radius 1 is 1.24 bits per heavy atom. The van der Waals surface area contributed by atoms with Gasteiger partial charge in [-0.1, -0.05) is 6.07 Å². The zero-order valence-electron chi connectivity index (χ0n) is 15.4. The maximum Gasteiger partial charge on any atom is 0.244 e. The van der Waals surface area contributed by atoms with Gasteiger partial charge in [-0.15, -0.1) is 5.10 Å². The number of nitriles is 1. The van der Waals surface area contributed by atoms with Crippen molar-refractivity contribution in [3.63, 3.8) is 0 Å². The summed E-state index contributed by atoms with van der Waals surface area (Å²) in [6.45, 7) is 2.42. The van der Waals surface area contributed by atoms with Gasteiger partial charge in [0.25, 0.3) is 0 Å². The summed E-state index contributed by atoms with van der Waals surface area (Å²) in [7, 11) is 0. The van der Waals surface area contributed by atoms with Crippen LogP contribution in [0.3, 0.4) is 0 Å². The van der Waals surface area contributed by atoms with Crippen molar-refractivity contribution in [2.45, 2.75) is 12.8 Å². The van der Waals surface area contributed by atoms with E-state index in [-0.39, 0.29) is 17.3 Å². The van der Waals surface area contributed by atoms with Crippen molar-refractivity contribution in [2.75, 3.05) is 6.61 Å². The molecule has 0 fully saturated rings. The number of fused-ring (bicyclic) bond motifs is 1. The van der Waals surface area contributed by atoms with Crippen molar-refractivity contribution in [3.05, 3.63) is 65.2 Å². The van der Waals surface area contributed by atoms with E-state index in [1.165, 1.54) is 6.07 Å². The molecule has 146 valence electrons. The third-order valence-electron chi connectivity index (χ3n) is 4.79. The summed E-state index contributed by atoms with van der Waals surface area (Å²) >= 11 is 0. The number of aromatic amines is 1. The fourth-order valence-corrected chi connectivity index (χ4v) is 3.51. The number of ether oxygens (including phenoxy) is 2. The van der Waals surface area contributed by atoms with Gasteiger partial charge in [0.05, 0.1) is 23.9 Å². The van der Waals surface area contributed by atoms with Gasteiger partial charge in [0.15, 0.2) is 0 Å². The molecule has 6 nitrogen and oxygen atoms in total. The van der Waals surface area contributed by atoms with Gasteiger partial charge in [-0.2, -0.15) is 5.26 Å². The van der Waals surface area contributed by atoms with Crippen LogP contribution in [0.25, 0.3) is 11.3 Å². The van der Waals surface area contributed by atoms with Gasteiger partial charge in [0.1, 0.15) is 23.3 Å². The maximum absolute atomic E-state index is 14.6. The Hall–Kier alpha value is -3.73. The number of nitrogens with one attached hydrogen (secondary N) is 2. The number of nitrogens with zero attached hydrogens (tertiary/aromatic N) is 2. The molecule has 1 aliphatic heterocycles. The first kappa shape index (κ1) is 18.6. The molecule has 3 aromatic rings. The van der Waals surface area contributed by atoms with Crippen molar-refractivity contribution in [2.24, 2.45) is 5.92 Å². The van der Waals surface area contributed by atoms with Gasteiger partial charge in [-0.3, -0.25) is 10.5 Å². The minimum Gasteiger partial charge on any atom is -0.494 e. The molecule has 0 aliphatic carbocycles. The summed E-state index contributed by atoms with van der Waals surface area (Å²) in [6, 6.07) is 12.4. The van der Waals surface area contributed by atoms with Crippen LogP contribution in [0.15, 0.2) is 42.5 Å². The summed E-state index contributed by atoms with van der Waals surface area (Å²) in [5, 5.41) is 24.7. The summed E-state index contributed by atoms with van der Waals surface area (Å²) < 4.78 is 38.9. The lowest BCUT2D eigenvalue weighted by atomic mass is 9.78. The SMILES string of the molecule is CCOc1ccc(-c2[nH]nc3c2C(c2ccc(F)cc2F)C(C#N)C(=N)O3)cc1. The van der Waals surface area contributed by atoms with Crippen LogP contribution in [0.1, 0.15) is 24.0 Å². The van der Waals surface area contributed by atoms with Gasteiger partial charge >= 0.3 is 0 Å². The minimum absolute atomic E-state index is 0.0964. The molecule has 0 saturated heterocycles. The molecule has 1 aliphatic rings. The number of H-pyrrole nitrogens is 1. The third kappa shape index (κ3) is 3.21. The van der Waals surface area contributed by atoms with Crippen molar-refractivity contribution in [1.82, 2.24) is 10.2 Å². The van der Waals surface area contributed by atoms with Crippen LogP contribution in [0, 0.1) is 34.3 Å². The molecule has 8 heteroatoms. The molecule has 2 atom stereocenters. The Morgan fingerprint density at radius 2 is 2.00 bits per heavy atom. The number of halogens is 2. The normalized spacial score (nSPS) is 17.9. The molecule has 1 aromatic heterocycles. The molecule has 2 aromatic carbocycles. The molecule has 0 radical (unpaired) electrons. The molecule has 4 rings (SSSR count). The van der Waals surface area contributed by atoms with E-state index >= 15 is 0 Å². The molecule has 0 amide bonds. The topological polar surface area (TPSA) is 94.8 Å². The Morgan fingerprint density at radius 3 is 2.66 bits per heavy atom. The van der Waals surface area contributed by atoms with Crippen LogP contribution in [0.2, 0.25) is 0 Å². The van der Waals surface area contributed by atoms with Crippen molar-refractivity contribution in [1.29, 1.82) is 10.7 Å². The Balaban J connectivity index is 1.88. The van der Waals surface area contributed by atoms with E-state index in [4.69, 9.17) is 14.9 Å². The Labute approximate surface area is 165 Å². The molecule has 29 heavy (non-hydrogen) atoms. The summed E-state index contributed by atoms with van der Waals surface area (Å²) in [4.78, 5) is 0. The van der Waals surface area contributed by atoms with Crippen LogP contribution in [-0.2, 0) is 0 Å². The fraction of sp³-hybridized carbons (Fsp3) is 0.190. The smallest absolute Gasteiger partial charge is 0.244 e. The molecule has 0 saturated carbocycles. The van der Waals surface area contributed by atoms with Crippen molar-refractivity contribution in [3.8, 4) is 29.0 Å². The minimum atomic E-state index is -1.08. The summed E-state index contributed by atoms with van der Waals surface area (Å²) in [5.74, 6) is -3.02. The number of rotatable bonds is 4. The first-order valence-corrected chi connectivity index (χ1v) is 8.95. The summed E-state index contributed by atoms with van der Waals surface area (Å²) in [6.07, 6.45) is 0. The van der Waals surface area contributed by atoms with Gasteiger partial charge in [0, 0.05) is 17.5 Å². The monoisotopic (exact) mass is 394 g/mol. The summed E-state index contributed by atoms with van der Waals surface area (Å²) in [5.41, 5.74) is 1.80. The lowest BCUT2D eigenvalue weighted by Crippen LogP contribution is -2.31. The zero-order chi connectivity index (χ0) is 20.5. The second-order valence-corrected chi connectivity index (χ2v) is 6.49. The fourth-order valence-electron chi connectivity index (χ4n) is 3.51. The van der Waals surface area contributed by atoms with Gasteiger partial charge in [-0.05, 0) is 42.8 Å². The average Bonchev–Trinajstić information content (AvgIpc) is 3.11. The molecule has 2 unspecified atom stereocenters. The Bertz CT molecular complexity index is 1120. The van der Waals surface area contributed by atoms with Gasteiger partial charge in [0.2, 0.25) is 11.8 Å². The quantitative estimate of drug-likeness (QED) is 0.686. The zero-order valence-corrected chi connectivity index (χ0v) is 15.4. The molecule has 2 heterocycles. The highest BCUT2D eigenvalue weighted by Crippen LogP contribution is 2.46. The molecule has 0 spiro atoms. The van der Waals surface area contributed by atoms with Gasteiger partial charge < -0.3 is 9.47 Å². The van der Waals surface area contributed by atoms with Crippen LogP contribution in [-0.4, -0.2) is 22.7 Å². The lowest BCUT2D eigenvalue weighted by molar-refractivity contribution is 0.340. The predicted molar refractivity (Wildman–Crippen MR) is 101 cm³/mol. The van der Waals surface area contributed by atoms with Gasteiger partial charge in [-0.25, -0.2) is 8.78 Å². The first-order valence-electron chi connectivity index (χ1n) is 8.95. The van der Waals surface area contributed by atoms with Crippen LogP contribution in [0.4, 0.5) is 8.78 Å². The highest BCUT2D eigenvalue weighted by molar-refractivity contribution is 5.86. The third-order valence-corrected chi connectivity index (χ3v) is 4.79. The second kappa shape index (κ2) is 7.36. The number of aromatic nitrogens is 2. The number of hydrogen-bond donors (Lipinski definition) is 2.